The SMILES string of the molecule is CC1(C(=O)Nc2ncc(-c3ccccc3)[nH]2)CC2([N+](=O)[O-])c3ccccc3C1c1ccccc12. The van der Waals surface area contributed by atoms with Crippen molar-refractivity contribution in [1.82, 2.24) is 9.97 Å². The number of aromatic amines is 1. The smallest absolute Gasteiger partial charge is 0.273 e. The van der Waals surface area contributed by atoms with Crippen LogP contribution in [0.15, 0.2) is 85.1 Å². The molecule has 2 bridgehead atoms. The first kappa shape index (κ1) is 20.4. The molecule has 7 rings (SSSR count). The number of benzene rings is 3. The fourth-order valence-electron chi connectivity index (χ4n) is 5.95. The van der Waals surface area contributed by atoms with Crippen LogP contribution in [0, 0.1) is 15.5 Å². The summed E-state index contributed by atoms with van der Waals surface area (Å²) in [5.41, 5.74) is 2.24. The zero-order chi connectivity index (χ0) is 23.5. The van der Waals surface area contributed by atoms with Crippen LogP contribution in [-0.2, 0) is 10.3 Å². The van der Waals surface area contributed by atoms with Gasteiger partial charge in [0.2, 0.25) is 11.9 Å². The van der Waals surface area contributed by atoms with E-state index in [1.165, 1.54) is 0 Å². The van der Waals surface area contributed by atoms with Gasteiger partial charge in [0.1, 0.15) is 0 Å². The molecule has 4 aromatic rings. The van der Waals surface area contributed by atoms with E-state index in [0.29, 0.717) is 17.1 Å². The van der Waals surface area contributed by atoms with Crippen molar-refractivity contribution < 1.29 is 9.72 Å². The predicted octanol–water partition coefficient (Wildman–Crippen LogP) is 5.09. The second kappa shape index (κ2) is 7.12. The van der Waals surface area contributed by atoms with Gasteiger partial charge in [0.05, 0.1) is 17.3 Å². The fraction of sp³-hybridized carbons (Fsp3) is 0.185. The zero-order valence-corrected chi connectivity index (χ0v) is 18.5. The van der Waals surface area contributed by atoms with E-state index in [9.17, 15) is 14.9 Å². The third-order valence-corrected chi connectivity index (χ3v) is 7.42. The molecule has 0 radical (unpaired) electrons. The van der Waals surface area contributed by atoms with Crippen LogP contribution in [0.2, 0.25) is 0 Å². The molecule has 3 aliphatic carbocycles. The van der Waals surface area contributed by atoms with Gasteiger partial charge in [0.25, 0.3) is 5.54 Å². The quantitative estimate of drug-likeness (QED) is 0.334. The Balaban J connectivity index is 1.44. The summed E-state index contributed by atoms with van der Waals surface area (Å²) in [6, 6.07) is 24.6. The number of carbonyl (C=O) groups excluding carboxylic acids is 1. The lowest BCUT2D eigenvalue weighted by Crippen LogP contribution is -2.57. The zero-order valence-electron chi connectivity index (χ0n) is 18.5. The van der Waals surface area contributed by atoms with E-state index in [4.69, 9.17) is 0 Å². The Morgan fingerprint density at radius 1 is 1.00 bits per heavy atom. The van der Waals surface area contributed by atoms with E-state index in [2.05, 4.69) is 15.3 Å². The minimum atomic E-state index is -1.48. The first-order valence-electron chi connectivity index (χ1n) is 11.2. The Hall–Kier alpha value is -4.26. The van der Waals surface area contributed by atoms with Gasteiger partial charge >= 0.3 is 0 Å². The average Bonchev–Trinajstić information content (AvgIpc) is 3.33. The van der Waals surface area contributed by atoms with E-state index in [-0.39, 0.29) is 23.2 Å². The molecule has 7 nitrogen and oxygen atoms in total. The van der Waals surface area contributed by atoms with E-state index in [0.717, 1.165) is 22.4 Å². The van der Waals surface area contributed by atoms with Crippen molar-refractivity contribution >= 4 is 11.9 Å². The number of hydrogen-bond donors (Lipinski definition) is 2. The maximum atomic E-state index is 13.8. The van der Waals surface area contributed by atoms with Crippen LogP contribution in [0.25, 0.3) is 11.3 Å². The molecule has 7 heteroatoms. The lowest BCUT2D eigenvalue weighted by molar-refractivity contribution is -0.573. The molecule has 1 unspecified atom stereocenters. The maximum Gasteiger partial charge on any atom is 0.273 e. The number of carbonyl (C=O) groups is 1. The van der Waals surface area contributed by atoms with Gasteiger partial charge in [-0.05, 0) is 23.6 Å². The Morgan fingerprint density at radius 2 is 1.59 bits per heavy atom. The van der Waals surface area contributed by atoms with Crippen molar-refractivity contribution in [3.63, 3.8) is 0 Å². The van der Waals surface area contributed by atoms with Crippen molar-refractivity contribution in [3.8, 4) is 11.3 Å². The highest BCUT2D eigenvalue weighted by Crippen LogP contribution is 2.63. The van der Waals surface area contributed by atoms with Gasteiger partial charge in [-0.3, -0.25) is 20.2 Å². The number of fused-ring (bicyclic) bond motifs is 1. The Labute approximate surface area is 196 Å². The monoisotopic (exact) mass is 450 g/mol. The molecule has 34 heavy (non-hydrogen) atoms. The number of imidazole rings is 1. The second-order valence-corrected chi connectivity index (χ2v) is 9.28. The lowest BCUT2D eigenvalue weighted by atomic mass is 9.49. The first-order chi connectivity index (χ1) is 16.4. The molecule has 0 spiro atoms. The maximum absolute atomic E-state index is 13.8. The van der Waals surface area contributed by atoms with Crippen LogP contribution in [0.1, 0.15) is 41.5 Å². The van der Waals surface area contributed by atoms with Crippen molar-refractivity contribution in [1.29, 1.82) is 0 Å². The van der Waals surface area contributed by atoms with Gasteiger partial charge in [0.15, 0.2) is 0 Å². The fourth-order valence-corrected chi connectivity index (χ4v) is 5.95. The second-order valence-electron chi connectivity index (χ2n) is 9.28. The number of nitrogens with zero attached hydrogens (tertiary/aromatic N) is 2. The highest BCUT2D eigenvalue weighted by Gasteiger charge is 2.67. The van der Waals surface area contributed by atoms with Crippen LogP contribution >= 0.6 is 0 Å². The predicted molar refractivity (Wildman–Crippen MR) is 128 cm³/mol. The number of hydrogen-bond acceptors (Lipinski definition) is 4. The minimum absolute atomic E-state index is 0.0732. The summed E-state index contributed by atoms with van der Waals surface area (Å²) < 4.78 is 0. The van der Waals surface area contributed by atoms with Crippen LogP contribution in [0.5, 0.6) is 0 Å². The van der Waals surface area contributed by atoms with Gasteiger partial charge in [-0.15, -0.1) is 0 Å². The summed E-state index contributed by atoms with van der Waals surface area (Å²) in [6.07, 6.45) is 1.74. The van der Waals surface area contributed by atoms with Crippen LogP contribution in [0.4, 0.5) is 5.95 Å². The Kier molecular flexibility index (Phi) is 4.26. The van der Waals surface area contributed by atoms with E-state index in [1.54, 1.807) is 6.20 Å². The molecule has 3 aliphatic rings. The molecule has 0 fully saturated rings. The molecule has 1 heterocycles. The molecule has 3 aromatic carbocycles. The molecule has 1 aromatic heterocycles. The summed E-state index contributed by atoms with van der Waals surface area (Å²) in [5.74, 6) is -0.268. The van der Waals surface area contributed by atoms with E-state index < -0.39 is 11.0 Å². The van der Waals surface area contributed by atoms with Crippen LogP contribution in [-0.4, -0.2) is 20.8 Å². The Bertz CT molecular complexity index is 1400. The summed E-state index contributed by atoms with van der Waals surface area (Å²) in [4.78, 5) is 33.8. The van der Waals surface area contributed by atoms with Gasteiger partial charge in [0, 0.05) is 28.4 Å². The van der Waals surface area contributed by atoms with Crippen molar-refractivity contribution in [3.05, 3.63) is 117 Å². The number of aromatic nitrogens is 2. The van der Waals surface area contributed by atoms with Crippen LogP contribution < -0.4 is 5.32 Å². The summed E-state index contributed by atoms with van der Waals surface area (Å²) in [6.45, 7) is 1.83. The molecular formula is C27H22N4O3. The largest absolute Gasteiger partial charge is 0.324 e. The van der Waals surface area contributed by atoms with E-state index >= 15 is 0 Å². The number of nitrogens with one attached hydrogen (secondary N) is 2. The molecule has 1 amide bonds. The van der Waals surface area contributed by atoms with E-state index in [1.807, 2.05) is 85.8 Å². The lowest BCUT2D eigenvalue weighted by Gasteiger charge is -2.52. The summed E-state index contributed by atoms with van der Waals surface area (Å²) in [5, 5.41) is 15.7. The van der Waals surface area contributed by atoms with Crippen molar-refractivity contribution in [2.75, 3.05) is 5.32 Å². The molecule has 0 saturated heterocycles. The van der Waals surface area contributed by atoms with Gasteiger partial charge in [-0.25, -0.2) is 4.98 Å². The van der Waals surface area contributed by atoms with Gasteiger partial charge < -0.3 is 4.98 Å². The standard InChI is InChI=1S/C27H22N4O3/c1-26(24(32)30-25-28-15-22(29-25)17-9-3-2-4-10-17)16-27(31(33)34)20-13-7-5-11-18(20)23(26)19-12-6-8-14-21(19)27/h2-15,23H,16H2,1H3,(H2,28,29,30,32). The van der Waals surface area contributed by atoms with Gasteiger partial charge in [-0.1, -0.05) is 78.9 Å². The molecule has 168 valence electrons. The average molecular weight is 450 g/mol. The third-order valence-electron chi connectivity index (χ3n) is 7.42. The number of rotatable bonds is 4. The molecule has 2 N–H and O–H groups in total. The molecule has 0 aliphatic heterocycles. The van der Waals surface area contributed by atoms with Crippen molar-refractivity contribution in [2.24, 2.45) is 5.41 Å². The number of nitro groups is 1. The molecule has 1 atom stereocenters. The summed E-state index contributed by atoms with van der Waals surface area (Å²) >= 11 is 0. The number of amides is 1. The first-order valence-corrected chi connectivity index (χ1v) is 11.2. The van der Waals surface area contributed by atoms with Crippen molar-refractivity contribution in [2.45, 2.75) is 24.8 Å². The third kappa shape index (κ3) is 2.64. The summed E-state index contributed by atoms with van der Waals surface area (Å²) in [7, 11) is 0. The highest BCUT2D eigenvalue weighted by atomic mass is 16.6. The number of anilines is 1. The molecule has 0 saturated carbocycles. The topological polar surface area (TPSA) is 101 Å². The Morgan fingerprint density at radius 3 is 2.21 bits per heavy atom. The highest BCUT2D eigenvalue weighted by molar-refractivity contribution is 5.96. The van der Waals surface area contributed by atoms with Crippen LogP contribution in [0.3, 0.4) is 0 Å². The number of H-pyrrole nitrogens is 1. The van der Waals surface area contributed by atoms with Gasteiger partial charge in [-0.2, -0.15) is 0 Å². The molecular weight excluding hydrogens is 428 g/mol. The minimum Gasteiger partial charge on any atom is -0.324 e. The normalized spacial score (nSPS) is 24.2.